The molecule has 6 heterocycles. The van der Waals surface area contributed by atoms with Crippen LogP contribution in [0.1, 0.15) is 64.9 Å². The fourth-order valence-corrected chi connectivity index (χ4v) is 10.8. The molecule has 6 aromatic carbocycles. The van der Waals surface area contributed by atoms with E-state index in [1.54, 1.807) is 0 Å². The summed E-state index contributed by atoms with van der Waals surface area (Å²) in [6.07, 6.45) is -8.41. The van der Waals surface area contributed by atoms with E-state index in [1.165, 1.54) is 58.5 Å². The number of aliphatic hydroxyl groups excluding tert-OH is 2. The predicted molar refractivity (Wildman–Crippen MR) is 333 cm³/mol. The lowest BCUT2D eigenvalue weighted by Crippen LogP contribution is -2.27. The molecule has 4 atom stereocenters. The molecule has 6 aromatic heterocycles. The second kappa shape index (κ2) is 30.3. The number of benzene rings is 6. The molecule has 0 aliphatic rings. The van der Waals surface area contributed by atoms with Crippen LogP contribution in [0.2, 0.25) is 0 Å². The van der Waals surface area contributed by atoms with Crippen molar-refractivity contribution >= 4 is 32.7 Å². The van der Waals surface area contributed by atoms with Crippen LogP contribution in [-0.4, -0.2) is 66.5 Å². The number of allylic oxidation sites excluding steroid dienone is 1. The SMILES string of the molecule is C=C[C@H](c1c(F)cc(F)cc1F)n1cnc(=O)c2cc(Oc3ncccc3C(F)(F)F)ccc21.CC(O)[C@H](c1c(F)cc(F)cc1F)n1cnc(=O)c2cc(Oc3ncccc3C(F)(F)F)ccc21.O=c1ncn([C@H](CCO)c2c(F)cc(F)cc2F)c2ccc(Oc3ncccc3C(F)(F)F)cc12. The number of ether oxygens (including phenoxy) is 3. The van der Waals surface area contributed by atoms with Crippen LogP contribution in [0.3, 0.4) is 0 Å². The van der Waals surface area contributed by atoms with E-state index in [-0.39, 0.29) is 56.4 Å². The van der Waals surface area contributed by atoms with Crippen molar-refractivity contribution in [1.29, 1.82) is 0 Å². The first-order valence-corrected chi connectivity index (χ1v) is 29.6. The summed E-state index contributed by atoms with van der Waals surface area (Å²) in [6, 6.07) is 15.5. The fourth-order valence-electron chi connectivity index (χ4n) is 10.8. The van der Waals surface area contributed by atoms with Gasteiger partial charge in [-0.2, -0.15) is 54.5 Å². The van der Waals surface area contributed by atoms with Gasteiger partial charge in [-0.1, -0.05) is 6.08 Å². The summed E-state index contributed by atoms with van der Waals surface area (Å²) in [5.74, 6) is -13.4. The van der Waals surface area contributed by atoms with Crippen molar-refractivity contribution in [2.45, 2.75) is 56.1 Å². The average molecular weight is 1470 g/mol. The van der Waals surface area contributed by atoms with E-state index in [4.69, 9.17) is 14.2 Å². The smallest absolute Gasteiger partial charge is 0.421 e. The number of rotatable bonds is 16. The summed E-state index contributed by atoms with van der Waals surface area (Å²) < 4.78 is 266. The number of hydrogen-bond donors (Lipinski definition) is 2. The van der Waals surface area contributed by atoms with Gasteiger partial charge in [0, 0.05) is 72.7 Å². The zero-order valence-electron chi connectivity index (χ0n) is 52.3. The van der Waals surface area contributed by atoms with Crippen molar-refractivity contribution in [3.05, 3.63) is 294 Å². The molecule has 2 N–H and O–H groups in total. The average Bonchev–Trinajstić information content (AvgIpc) is 0.771. The molecule has 12 aromatic rings. The van der Waals surface area contributed by atoms with Gasteiger partial charge < -0.3 is 38.1 Å². The first kappa shape index (κ1) is 74.7. The van der Waals surface area contributed by atoms with E-state index in [2.05, 4.69) is 36.5 Å². The highest BCUT2D eigenvalue weighted by Crippen LogP contribution is 2.42. The molecule has 104 heavy (non-hydrogen) atoms. The largest absolute Gasteiger partial charge is 0.438 e. The van der Waals surface area contributed by atoms with Crippen molar-refractivity contribution in [3.63, 3.8) is 0 Å². The van der Waals surface area contributed by atoms with Gasteiger partial charge >= 0.3 is 18.5 Å². The second-order valence-electron chi connectivity index (χ2n) is 22.0. The number of pyridine rings is 3. The Morgan fingerprint density at radius 2 is 0.760 bits per heavy atom. The number of halogens is 18. The maximum absolute atomic E-state index is 14.5. The monoisotopic (exact) mass is 1470 g/mol. The van der Waals surface area contributed by atoms with Gasteiger partial charge in [0.1, 0.15) is 92.6 Å². The molecule has 0 saturated carbocycles. The minimum Gasteiger partial charge on any atom is -0.438 e. The molecular weight excluding hydrogens is 1420 g/mol. The molecule has 17 nitrogen and oxygen atoms in total. The molecule has 0 radical (unpaired) electrons. The van der Waals surface area contributed by atoms with Crippen molar-refractivity contribution < 1.29 is 103 Å². The van der Waals surface area contributed by atoms with Crippen molar-refractivity contribution in [1.82, 2.24) is 43.6 Å². The van der Waals surface area contributed by atoms with Crippen molar-refractivity contribution in [2.75, 3.05) is 6.61 Å². The normalized spacial score (nSPS) is 12.9. The highest BCUT2D eigenvalue weighted by molar-refractivity contribution is 5.82. The third-order valence-electron chi connectivity index (χ3n) is 15.3. The Balaban J connectivity index is 0.000000167. The van der Waals surface area contributed by atoms with Gasteiger partial charge in [-0.05, 0) is 104 Å². The summed E-state index contributed by atoms with van der Waals surface area (Å²) in [7, 11) is 0. The van der Waals surface area contributed by atoms with E-state index in [1.807, 2.05) is 0 Å². The number of alkyl halides is 9. The molecule has 0 bridgehead atoms. The van der Waals surface area contributed by atoms with Crippen LogP contribution >= 0.6 is 0 Å². The van der Waals surface area contributed by atoms with Gasteiger partial charge in [0.05, 0.1) is 75.2 Å². The molecule has 0 spiro atoms. The molecule has 0 aliphatic carbocycles. The molecule has 12 rings (SSSR count). The Hall–Kier alpha value is -12.0. The Morgan fingerprint density at radius 3 is 1.10 bits per heavy atom. The van der Waals surface area contributed by atoms with E-state index >= 15 is 0 Å². The molecule has 0 aliphatic heterocycles. The van der Waals surface area contributed by atoms with Gasteiger partial charge in [-0.25, -0.2) is 54.5 Å². The van der Waals surface area contributed by atoms with E-state index < -0.39 is 169 Å². The quantitative estimate of drug-likeness (QED) is 0.0681. The van der Waals surface area contributed by atoms with Gasteiger partial charge in [0.15, 0.2) is 0 Å². The van der Waals surface area contributed by atoms with E-state index in [0.717, 1.165) is 96.7 Å². The number of hydrogen-bond acceptors (Lipinski definition) is 14. The lowest BCUT2D eigenvalue weighted by atomic mass is 9.99. The molecular formula is C69H43F18N9O8. The summed E-state index contributed by atoms with van der Waals surface area (Å²) in [5, 5.41) is 19.4. The Kier molecular flexibility index (Phi) is 21.7. The third kappa shape index (κ3) is 16.2. The summed E-state index contributed by atoms with van der Waals surface area (Å²) >= 11 is 0. The zero-order chi connectivity index (χ0) is 75.4. The standard InChI is InChI=1S/2C23H15F6N3O3.C23H13F6N3O2/c1-11(33)20(19-16(25)7-12(24)8-17(19)26)32-10-31-21(34)14-9-13(4-5-18(14)32)35-22-15(23(27,28)29)3-2-6-30-22;24-12-8-16(25)20(17(26)9-12)19(5-7-33)32-11-31-21(34)14-10-13(3-4-18(14)32)35-22-15(23(27,28)29)2-1-6-30-22;1-2-18(20-16(25)8-12(24)9-17(20)26)32-11-31-21(33)14-10-13(5-6-19(14)32)34-22-15(23(27,28)29)4-3-7-30-22/h2-11,20,33H,1H3;1-4,6,8-11,19,33H,5,7H2;2-11,18H,1H2/t11?,20-;19-;18-/m111/s1. The van der Waals surface area contributed by atoms with Gasteiger partial charge in [0.2, 0.25) is 17.6 Å². The summed E-state index contributed by atoms with van der Waals surface area (Å²) in [6.45, 7) is 4.27. The topological polar surface area (TPSA) is 211 Å². The van der Waals surface area contributed by atoms with Crippen LogP contribution in [0.4, 0.5) is 79.0 Å². The lowest BCUT2D eigenvalue weighted by molar-refractivity contribution is -0.139. The number of aromatic nitrogens is 9. The fraction of sp³-hybridized carbons (Fsp3) is 0.145. The van der Waals surface area contributed by atoms with Crippen LogP contribution in [0, 0.1) is 52.4 Å². The highest BCUT2D eigenvalue weighted by Gasteiger charge is 2.38. The number of nitrogens with zero attached hydrogens (tertiary/aromatic N) is 9. The molecule has 538 valence electrons. The first-order valence-electron chi connectivity index (χ1n) is 29.6. The van der Waals surface area contributed by atoms with Crippen LogP contribution < -0.4 is 30.9 Å². The minimum absolute atomic E-state index is 0.0310. The Bertz CT molecular complexity index is 5370. The molecule has 35 heteroatoms. The van der Waals surface area contributed by atoms with Crippen molar-refractivity contribution in [3.8, 4) is 34.9 Å². The minimum atomic E-state index is -4.75. The van der Waals surface area contributed by atoms with Gasteiger partial charge in [-0.15, -0.1) is 6.58 Å². The van der Waals surface area contributed by atoms with Crippen LogP contribution in [0.15, 0.2) is 192 Å². The van der Waals surface area contributed by atoms with Crippen molar-refractivity contribution in [2.24, 2.45) is 0 Å². The molecule has 1 unspecified atom stereocenters. The Morgan fingerprint density at radius 1 is 0.442 bits per heavy atom. The summed E-state index contributed by atoms with van der Waals surface area (Å²) in [4.78, 5) is 59.0. The summed E-state index contributed by atoms with van der Waals surface area (Å²) in [5.41, 5.74) is -7.28. The molecule has 0 amide bonds. The lowest BCUT2D eigenvalue weighted by Gasteiger charge is -2.26. The molecule has 0 saturated heterocycles. The van der Waals surface area contributed by atoms with Crippen LogP contribution in [0.25, 0.3) is 32.7 Å². The predicted octanol–water partition coefficient (Wildman–Crippen LogP) is 15.8. The maximum atomic E-state index is 14.5. The Labute approximate surface area is 570 Å². The number of aliphatic hydroxyl groups is 2. The maximum Gasteiger partial charge on any atom is 0.421 e. The van der Waals surface area contributed by atoms with E-state index in [9.17, 15) is 104 Å². The van der Waals surface area contributed by atoms with Crippen LogP contribution in [0.5, 0.6) is 34.9 Å². The number of fused-ring (bicyclic) bond motifs is 3. The highest BCUT2D eigenvalue weighted by atomic mass is 19.4. The van der Waals surface area contributed by atoms with Gasteiger partial charge in [-0.3, -0.25) is 14.4 Å². The zero-order valence-corrected chi connectivity index (χ0v) is 52.3. The third-order valence-corrected chi connectivity index (χ3v) is 15.3. The molecule has 0 fully saturated rings. The van der Waals surface area contributed by atoms with Crippen LogP contribution in [-0.2, 0) is 18.5 Å². The van der Waals surface area contributed by atoms with Gasteiger partial charge in [0.25, 0.3) is 16.7 Å². The first-order chi connectivity index (χ1) is 49.2. The van der Waals surface area contributed by atoms with E-state index in [0.29, 0.717) is 36.4 Å². The second-order valence-corrected chi connectivity index (χ2v) is 22.0.